The molecule has 22 heavy (non-hydrogen) atoms. The standard InChI is InChI=1S/C18H21N3O/c1-13-4-2-9-21(13)10-8-18-19-15-7-6-14(12-16(15)20-18)17-5-3-11-22-17/h3,5-7,11-13H,2,4,8-10H2,1H3,(H,19,20)/t13-/m1/s1. The molecular weight excluding hydrogens is 274 g/mol. The number of hydrogen-bond acceptors (Lipinski definition) is 3. The lowest BCUT2D eigenvalue weighted by Gasteiger charge is -2.19. The quantitative estimate of drug-likeness (QED) is 0.795. The number of furan rings is 1. The fraction of sp³-hybridized carbons (Fsp3) is 0.389. The van der Waals surface area contributed by atoms with E-state index in [0.717, 1.165) is 47.2 Å². The van der Waals surface area contributed by atoms with Crippen molar-refractivity contribution in [2.75, 3.05) is 13.1 Å². The number of rotatable bonds is 4. The summed E-state index contributed by atoms with van der Waals surface area (Å²) in [6, 6.07) is 10.9. The lowest BCUT2D eigenvalue weighted by molar-refractivity contribution is 0.271. The Kier molecular flexibility index (Phi) is 3.47. The maximum atomic E-state index is 5.46. The number of benzene rings is 1. The van der Waals surface area contributed by atoms with E-state index in [9.17, 15) is 0 Å². The van der Waals surface area contributed by atoms with Crippen LogP contribution in [0.15, 0.2) is 41.0 Å². The van der Waals surface area contributed by atoms with Gasteiger partial charge in [0.25, 0.3) is 0 Å². The average molecular weight is 295 g/mol. The van der Waals surface area contributed by atoms with Crippen LogP contribution in [0.1, 0.15) is 25.6 Å². The molecule has 1 atom stereocenters. The first-order valence-corrected chi connectivity index (χ1v) is 8.06. The van der Waals surface area contributed by atoms with Crippen molar-refractivity contribution >= 4 is 11.0 Å². The van der Waals surface area contributed by atoms with Crippen LogP contribution in [0.25, 0.3) is 22.4 Å². The van der Waals surface area contributed by atoms with E-state index in [1.165, 1.54) is 19.4 Å². The first kappa shape index (κ1) is 13.6. The number of likely N-dealkylation sites (tertiary alicyclic amines) is 1. The summed E-state index contributed by atoms with van der Waals surface area (Å²) in [4.78, 5) is 10.7. The number of fused-ring (bicyclic) bond motifs is 1. The van der Waals surface area contributed by atoms with Gasteiger partial charge in [0.05, 0.1) is 17.3 Å². The molecule has 1 N–H and O–H groups in total. The molecule has 1 saturated heterocycles. The van der Waals surface area contributed by atoms with Gasteiger partial charge in [-0.2, -0.15) is 0 Å². The first-order valence-electron chi connectivity index (χ1n) is 8.06. The minimum Gasteiger partial charge on any atom is -0.464 e. The summed E-state index contributed by atoms with van der Waals surface area (Å²) in [5, 5.41) is 0. The van der Waals surface area contributed by atoms with E-state index in [1.54, 1.807) is 6.26 Å². The SMILES string of the molecule is C[C@@H]1CCCN1CCc1nc2cc(-c3ccco3)ccc2[nH]1. The third-order valence-electron chi connectivity index (χ3n) is 4.66. The van der Waals surface area contributed by atoms with Gasteiger partial charge in [-0.25, -0.2) is 4.98 Å². The Morgan fingerprint density at radius 3 is 3.09 bits per heavy atom. The fourth-order valence-electron chi connectivity index (χ4n) is 3.35. The predicted molar refractivity (Wildman–Crippen MR) is 87.8 cm³/mol. The van der Waals surface area contributed by atoms with Crippen molar-refractivity contribution in [1.29, 1.82) is 0 Å². The van der Waals surface area contributed by atoms with Gasteiger partial charge >= 0.3 is 0 Å². The molecule has 0 saturated carbocycles. The molecule has 3 heterocycles. The third-order valence-corrected chi connectivity index (χ3v) is 4.66. The van der Waals surface area contributed by atoms with Crippen LogP contribution < -0.4 is 0 Å². The van der Waals surface area contributed by atoms with Crippen LogP contribution >= 0.6 is 0 Å². The summed E-state index contributed by atoms with van der Waals surface area (Å²) in [7, 11) is 0. The topological polar surface area (TPSA) is 45.1 Å². The van der Waals surface area contributed by atoms with Crippen molar-refractivity contribution in [2.45, 2.75) is 32.2 Å². The molecule has 1 aliphatic heterocycles. The molecule has 0 bridgehead atoms. The van der Waals surface area contributed by atoms with E-state index in [0.29, 0.717) is 0 Å². The van der Waals surface area contributed by atoms with Crippen LogP contribution in [0.5, 0.6) is 0 Å². The summed E-state index contributed by atoms with van der Waals surface area (Å²) < 4.78 is 5.46. The monoisotopic (exact) mass is 295 g/mol. The van der Waals surface area contributed by atoms with E-state index in [4.69, 9.17) is 9.40 Å². The Morgan fingerprint density at radius 2 is 2.32 bits per heavy atom. The molecule has 3 aromatic rings. The van der Waals surface area contributed by atoms with Crippen LogP contribution in [0.4, 0.5) is 0 Å². The molecule has 2 aromatic heterocycles. The molecule has 4 rings (SSSR count). The van der Waals surface area contributed by atoms with Gasteiger partial charge in [0, 0.05) is 24.6 Å². The molecule has 4 heteroatoms. The number of nitrogens with one attached hydrogen (secondary N) is 1. The lowest BCUT2D eigenvalue weighted by atomic mass is 10.1. The van der Waals surface area contributed by atoms with Gasteiger partial charge in [-0.15, -0.1) is 0 Å². The smallest absolute Gasteiger partial charge is 0.133 e. The van der Waals surface area contributed by atoms with E-state index in [-0.39, 0.29) is 0 Å². The van der Waals surface area contributed by atoms with Crippen LogP contribution in [-0.4, -0.2) is 34.0 Å². The van der Waals surface area contributed by atoms with Crippen molar-refractivity contribution in [3.8, 4) is 11.3 Å². The van der Waals surface area contributed by atoms with Crippen molar-refractivity contribution in [3.63, 3.8) is 0 Å². The molecule has 0 aliphatic carbocycles. The van der Waals surface area contributed by atoms with Gasteiger partial charge in [0.15, 0.2) is 0 Å². The van der Waals surface area contributed by atoms with Gasteiger partial charge < -0.3 is 14.3 Å². The minimum absolute atomic E-state index is 0.718. The molecule has 1 aliphatic rings. The van der Waals surface area contributed by atoms with Crippen LogP contribution in [0.3, 0.4) is 0 Å². The maximum Gasteiger partial charge on any atom is 0.133 e. The normalized spacial score (nSPS) is 19.2. The first-order chi connectivity index (χ1) is 10.8. The number of aromatic amines is 1. The molecule has 1 fully saturated rings. The third kappa shape index (κ3) is 2.55. The van der Waals surface area contributed by atoms with E-state index >= 15 is 0 Å². The second-order valence-electron chi connectivity index (χ2n) is 6.17. The number of imidazole rings is 1. The van der Waals surface area contributed by atoms with Gasteiger partial charge in [-0.05, 0) is 56.6 Å². The predicted octanol–water partition coefficient (Wildman–Crippen LogP) is 3.85. The molecule has 1 aromatic carbocycles. The summed E-state index contributed by atoms with van der Waals surface area (Å²) in [5.41, 5.74) is 3.18. The second kappa shape index (κ2) is 5.61. The van der Waals surface area contributed by atoms with Gasteiger partial charge in [0.2, 0.25) is 0 Å². The molecule has 0 spiro atoms. The second-order valence-corrected chi connectivity index (χ2v) is 6.17. The molecule has 114 valence electrons. The van der Waals surface area contributed by atoms with Gasteiger partial charge in [0.1, 0.15) is 11.6 Å². The highest BCUT2D eigenvalue weighted by molar-refractivity contribution is 5.80. The number of hydrogen-bond donors (Lipinski definition) is 1. The summed E-state index contributed by atoms with van der Waals surface area (Å²) in [6.45, 7) is 4.64. The highest BCUT2D eigenvalue weighted by Crippen LogP contribution is 2.24. The largest absolute Gasteiger partial charge is 0.464 e. The Bertz CT molecular complexity index is 760. The summed E-state index contributed by atoms with van der Waals surface area (Å²) >= 11 is 0. The zero-order valence-electron chi connectivity index (χ0n) is 12.9. The van der Waals surface area contributed by atoms with Gasteiger partial charge in [-0.3, -0.25) is 0 Å². The lowest BCUT2D eigenvalue weighted by Crippen LogP contribution is -2.29. The van der Waals surface area contributed by atoms with E-state index in [1.807, 2.05) is 12.1 Å². The molecule has 0 unspecified atom stereocenters. The highest BCUT2D eigenvalue weighted by atomic mass is 16.3. The van der Waals surface area contributed by atoms with E-state index < -0.39 is 0 Å². The average Bonchev–Trinajstić information content (AvgIpc) is 3.25. The Labute approximate surface area is 130 Å². The molecule has 4 nitrogen and oxygen atoms in total. The van der Waals surface area contributed by atoms with Crippen LogP contribution in [0.2, 0.25) is 0 Å². The number of nitrogens with zero attached hydrogens (tertiary/aromatic N) is 2. The zero-order chi connectivity index (χ0) is 14.9. The summed E-state index contributed by atoms with van der Waals surface area (Å²) in [6.07, 6.45) is 5.34. The Hall–Kier alpha value is -2.07. The fourth-order valence-corrected chi connectivity index (χ4v) is 3.35. The van der Waals surface area contributed by atoms with Gasteiger partial charge in [-0.1, -0.05) is 0 Å². The Balaban J connectivity index is 1.53. The van der Waals surface area contributed by atoms with Crippen molar-refractivity contribution in [3.05, 3.63) is 42.4 Å². The zero-order valence-corrected chi connectivity index (χ0v) is 12.9. The molecule has 0 radical (unpaired) electrons. The van der Waals surface area contributed by atoms with Crippen LogP contribution in [-0.2, 0) is 6.42 Å². The minimum atomic E-state index is 0.718. The Morgan fingerprint density at radius 1 is 1.36 bits per heavy atom. The number of aromatic nitrogens is 2. The van der Waals surface area contributed by atoms with Crippen LogP contribution in [0, 0.1) is 0 Å². The van der Waals surface area contributed by atoms with Crippen molar-refractivity contribution < 1.29 is 4.42 Å². The van der Waals surface area contributed by atoms with Crippen molar-refractivity contribution in [2.24, 2.45) is 0 Å². The molecular formula is C18H21N3O. The summed E-state index contributed by atoms with van der Waals surface area (Å²) in [5.74, 6) is 1.96. The highest BCUT2D eigenvalue weighted by Gasteiger charge is 2.19. The van der Waals surface area contributed by atoms with E-state index in [2.05, 4.69) is 35.0 Å². The van der Waals surface area contributed by atoms with Crippen molar-refractivity contribution in [1.82, 2.24) is 14.9 Å². The molecule has 0 amide bonds. The maximum absolute atomic E-state index is 5.46. The number of H-pyrrole nitrogens is 1.